The van der Waals surface area contributed by atoms with E-state index in [1.54, 1.807) is 0 Å². The number of halogens is 2. The van der Waals surface area contributed by atoms with Crippen LogP contribution in [0.4, 0.5) is 20.7 Å². The Kier molecular flexibility index (Phi) is 4.30. The molecule has 21 heavy (non-hydrogen) atoms. The smallest absolute Gasteiger partial charge is 0.230 e. The average molecular weight is 293 g/mol. The minimum Gasteiger partial charge on any atom is -0.368 e. The van der Waals surface area contributed by atoms with E-state index in [0.717, 1.165) is 0 Å². The van der Waals surface area contributed by atoms with E-state index < -0.39 is 11.6 Å². The van der Waals surface area contributed by atoms with Gasteiger partial charge in [-0.05, 0) is 32.4 Å². The lowest BCUT2D eigenvalue weighted by Gasteiger charge is -2.19. The first-order chi connectivity index (χ1) is 9.97. The zero-order valence-corrected chi connectivity index (χ0v) is 12.2. The fourth-order valence-corrected chi connectivity index (χ4v) is 1.97. The molecular weight excluding hydrogens is 276 g/mol. The second-order valence-corrected chi connectivity index (χ2v) is 4.55. The topological polar surface area (TPSA) is 67.9 Å². The van der Waals surface area contributed by atoms with Crippen LogP contribution in [0.3, 0.4) is 0 Å². The molecular formula is C14H17F2N5. The van der Waals surface area contributed by atoms with Gasteiger partial charge in [0, 0.05) is 13.1 Å². The standard InChI is InChI=1S/C14H17F2N5/c1-4-21(5-2)14-19-12(18-13(17)20-14)9-7-6-8(3)10(15)11(9)16/h6-7H,4-5H2,1-3H3,(H2,17,18,19,20). The number of hydrogen-bond acceptors (Lipinski definition) is 5. The summed E-state index contributed by atoms with van der Waals surface area (Å²) in [6, 6.07) is 2.92. The lowest BCUT2D eigenvalue weighted by molar-refractivity contribution is 0.505. The largest absolute Gasteiger partial charge is 0.368 e. The summed E-state index contributed by atoms with van der Waals surface area (Å²) in [7, 11) is 0. The summed E-state index contributed by atoms with van der Waals surface area (Å²) in [6.45, 7) is 6.71. The highest BCUT2D eigenvalue weighted by Crippen LogP contribution is 2.25. The average Bonchev–Trinajstić information content (AvgIpc) is 2.45. The molecule has 2 N–H and O–H groups in total. The van der Waals surface area contributed by atoms with Gasteiger partial charge in [-0.15, -0.1) is 0 Å². The number of anilines is 2. The third kappa shape index (κ3) is 2.91. The number of benzene rings is 1. The highest BCUT2D eigenvalue weighted by Gasteiger charge is 2.17. The van der Waals surface area contributed by atoms with Crippen molar-refractivity contribution in [2.75, 3.05) is 23.7 Å². The summed E-state index contributed by atoms with van der Waals surface area (Å²) in [5.41, 5.74) is 5.85. The highest BCUT2D eigenvalue weighted by molar-refractivity contribution is 5.59. The maximum atomic E-state index is 14.0. The summed E-state index contributed by atoms with van der Waals surface area (Å²) in [4.78, 5) is 14.0. The summed E-state index contributed by atoms with van der Waals surface area (Å²) < 4.78 is 27.7. The van der Waals surface area contributed by atoms with Gasteiger partial charge < -0.3 is 10.6 Å². The van der Waals surface area contributed by atoms with Crippen molar-refractivity contribution in [1.82, 2.24) is 15.0 Å². The molecule has 112 valence electrons. The van der Waals surface area contributed by atoms with Gasteiger partial charge in [-0.1, -0.05) is 6.07 Å². The molecule has 0 saturated heterocycles. The number of nitrogen functional groups attached to an aromatic ring is 1. The third-order valence-electron chi connectivity index (χ3n) is 3.20. The summed E-state index contributed by atoms with van der Waals surface area (Å²) in [5.74, 6) is -1.53. The second-order valence-electron chi connectivity index (χ2n) is 4.55. The molecule has 0 aliphatic rings. The molecule has 1 aromatic carbocycles. The molecule has 1 aromatic heterocycles. The van der Waals surface area contributed by atoms with Crippen LogP contribution in [0.5, 0.6) is 0 Å². The molecule has 0 bridgehead atoms. The molecule has 0 aliphatic heterocycles. The molecule has 0 aliphatic carbocycles. The SMILES string of the molecule is CCN(CC)c1nc(N)nc(-c2ccc(C)c(F)c2F)n1. The Balaban J connectivity index is 2.57. The normalized spacial score (nSPS) is 10.7. The van der Waals surface area contributed by atoms with Gasteiger partial charge in [0.1, 0.15) is 0 Å². The summed E-state index contributed by atoms with van der Waals surface area (Å²) in [6.07, 6.45) is 0. The van der Waals surface area contributed by atoms with E-state index in [2.05, 4.69) is 15.0 Å². The van der Waals surface area contributed by atoms with Crippen LogP contribution in [0.2, 0.25) is 0 Å². The van der Waals surface area contributed by atoms with E-state index in [0.29, 0.717) is 19.0 Å². The van der Waals surface area contributed by atoms with Gasteiger partial charge in [0.2, 0.25) is 11.9 Å². The van der Waals surface area contributed by atoms with E-state index in [1.807, 2.05) is 18.7 Å². The molecule has 1 heterocycles. The Morgan fingerprint density at radius 2 is 1.71 bits per heavy atom. The van der Waals surface area contributed by atoms with Crippen LogP contribution in [0.1, 0.15) is 19.4 Å². The van der Waals surface area contributed by atoms with Crippen molar-refractivity contribution in [2.45, 2.75) is 20.8 Å². The number of aryl methyl sites for hydroxylation is 1. The molecule has 0 amide bonds. The van der Waals surface area contributed by atoms with Crippen molar-refractivity contribution < 1.29 is 8.78 Å². The summed E-state index contributed by atoms with van der Waals surface area (Å²) in [5, 5.41) is 0. The molecule has 7 heteroatoms. The molecule has 0 radical (unpaired) electrons. The van der Waals surface area contributed by atoms with Crippen LogP contribution >= 0.6 is 0 Å². The molecule has 0 spiro atoms. The van der Waals surface area contributed by atoms with Gasteiger partial charge in [-0.25, -0.2) is 8.78 Å². The van der Waals surface area contributed by atoms with Crippen molar-refractivity contribution in [3.05, 3.63) is 29.3 Å². The molecule has 0 atom stereocenters. The number of hydrogen-bond donors (Lipinski definition) is 1. The quantitative estimate of drug-likeness (QED) is 0.938. The molecule has 0 unspecified atom stereocenters. The maximum absolute atomic E-state index is 14.0. The van der Waals surface area contributed by atoms with Crippen LogP contribution in [0, 0.1) is 18.6 Å². The first-order valence-electron chi connectivity index (χ1n) is 6.69. The monoisotopic (exact) mass is 293 g/mol. The Labute approximate surface area is 121 Å². The fraction of sp³-hybridized carbons (Fsp3) is 0.357. The Morgan fingerprint density at radius 3 is 2.33 bits per heavy atom. The first kappa shape index (κ1) is 15.1. The zero-order chi connectivity index (χ0) is 15.6. The predicted molar refractivity (Wildman–Crippen MR) is 77.9 cm³/mol. The molecule has 0 fully saturated rings. The van der Waals surface area contributed by atoms with Crippen LogP contribution in [0.25, 0.3) is 11.4 Å². The first-order valence-corrected chi connectivity index (χ1v) is 6.69. The zero-order valence-electron chi connectivity index (χ0n) is 12.2. The van der Waals surface area contributed by atoms with E-state index in [9.17, 15) is 8.78 Å². The van der Waals surface area contributed by atoms with E-state index >= 15 is 0 Å². The number of aromatic nitrogens is 3. The lowest BCUT2D eigenvalue weighted by Crippen LogP contribution is -2.25. The van der Waals surface area contributed by atoms with Crippen molar-refractivity contribution >= 4 is 11.9 Å². The van der Waals surface area contributed by atoms with Crippen LogP contribution < -0.4 is 10.6 Å². The van der Waals surface area contributed by atoms with Crippen molar-refractivity contribution in [1.29, 1.82) is 0 Å². The second kappa shape index (κ2) is 5.99. The lowest BCUT2D eigenvalue weighted by atomic mass is 10.1. The molecule has 2 rings (SSSR count). The van der Waals surface area contributed by atoms with Gasteiger partial charge >= 0.3 is 0 Å². The van der Waals surface area contributed by atoms with Crippen LogP contribution in [-0.2, 0) is 0 Å². The van der Waals surface area contributed by atoms with Gasteiger partial charge in [-0.3, -0.25) is 0 Å². The van der Waals surface area contributed by atoms with E-state index in [4.69, 9.17) is 5.73 Å². The van der Waals surface area contributed by atoms with E-state index in [-0.39, 0.29) is 22.9 Å². The number of rotatable bonds is 4. The van der Waals surface area contributed by atoms with Crippen LogP contribution in [-0.4, -0.2) is 28.0 Å². The van der Waals surface area contributed by atoms with Crippen molar-refractivity contribution in [2.24, 2.45) is 0 Å². The highest BCUT2D eigenvalue weighted by atomic mass is 19.2. The van der Waals surface area contributed by atoms with Gasteiger partial charge in [0.05, 0.1) is 5.56 Å². The minimum atomic E-state index is -0.980. The number of nitrogens with two attached hydrogens (primary N) is 1. The van der Waals surface area contributed by atoms with Gasteiger partial charge in [0.25, 0.3) is 0 Å². The Morgan fingerprint density at radius 1 is 1.05 bits per heavy atom. The maximum Gasteiger partial charge on any atom is 0.230 e. The molecule has 2 aromatic rings. The Bertz CT molecular complexity index is 656. The number of nitrogens with zero attached hydrogens (tertiary/aromatic N) is 4. The summed E-state index contributed by atoms with van der Waals surface area (Å²) >= 11 is 0. The van der Waals surface area contributed by atoms with E-state index in [1.165, 1.54) is 19.1 Å². The van der Waals surface area contributed by atoms with Crippen molar-refractivity contribution in [3.63, 3.8) is 0 Å². The van der Waals surface area contributed by atoms with Crippen LogP contribution in [0.15, 0.2) is 12.1 Å². The molecule has 5 nitrogen and oxygen atoms in total. The Hall–Kier alpha value is -2.31. The van der Waals surface area contributed by atoms with Crippen molar-refractivity contribution in [3.8, 4) is 11.4 Å². The minimum absolute atomic E-state index is 0.0257. The molecule has 0 saturated carbocycles. The predicted octanol–water partition coefficient (Wildman–Crippen LogP) is 2.55. The van der Waals surface area contributed by atoms with Gasteiger partial charge in [-0.2, -0.15) is 15.0 Å². The fourth-order valence-electron chi connectivity index (χ4n) is 1.97. The third-order valence-corrected chi connectivity index (χ3v) is 3.20. The van der Waals surface area contributed by atoms with Gasteiger partial charge in [0.15, 0.2) is 17.5 Å².